The molecule has 1 N–H and O–H groups in total. The maximum Gasteiger partial charge on any atom is 0.226 e. The molecule has 0 aromatic heterocycles. The van der Waals surface area contributed by atoms with Crippen LogP contribution in [0.4, 0.5) is 5.69 Å². The fraction of sp³-hybridized carbons (Fsp3) is 0.632. The summed E-state index contributed by atoms with van der Waals surface area (Å²) in [6.07, 6.45) is 4.01. The summed E-state index contributed by atoms with van der Waals surface area (Å²) in [6, 6.07) is 8.47. The second-order valence-corrected chi connectivity index (χ2v) is 7.28. The summed E-state index contributed by atoms with van der Waals surface area (Å²) < 4.78 is 5.40. The Morgan fingerprint density at radius 1 is 1.04 bits per heavy atom. The van der Waals surface area contributed by atoms with Crippen LogP contribution < -0.4 is 10.2 Å². The molecule has 1 aromatic carbocycles. The summed E-state index contributed by atoms with van der Waals surface area (Å²) in [6.45, 7) is 6.43. The van der Waals surface area contributed by atoms with Crippen molar-refractivity contribution in [1.82, 2.24) is 10.2 Å². The van der Waals surface area contributed by atoms with Crippen LogP contribution >= 0.6 is 0 Å². The number of anilines is 1. The monoisotopic (exact) mass is 329 g/mol. The molecule has 3 aliphatic rings. The van der Waals surface area contributed by atoms with Crippen LogP contribution in [0.5, 0.6) is 0 Å². The van der Waals surface area contributed by atoms with Crippen molar-refractivity contribution < 1.29 is 9.53 Å². The Morgan fingerprint density at radius 3 is 2.29 bits per heavy atom. The molecule has 1 spiro atoms. The molecule has 5 nitrogen and oxygen atoms in total. The van der Waals surface area contributed by atoms with Gasteiger partial charge in [-0.15, -0.1) is 0 Å². The van der Waals surface area contributed by atoms with Crippen LogP contribution in [0.2, 0.25) is 0 Å². The van der Waals surface area contributed by atoms with Gasteiger partial charge in [-0.25, -0.2) is 0 Å². The van der Waals surface area contributed by atoms with Crippen molar-refractivity contribution in [2.24, 2.45) is 0 Å². The Hall–Kier alpha value is -1.59. The lowest BCUT2D eigenvalue weighted by atomic mass is 9.79. The van der Waals surface area contributed by atoms with Gasteiger partial charge in [0.25, 0.3) is 0 Å². The number of ether oxygens (including phenoxy) is 1. The van der Waals surface area contributed by atoms with Gasteiger partial charge in [0.2, 0.25) is 5.91 Å². The second-order valence-electron chi connectivity index (χ2n) is 7.28. The molecular formula is C19H27N3O2. The lowest BCUT2D eigenvalue weighted by Crippen LogP contribution is -2.62. The zero-order valence-corrected chi connectivity index (χ0v) is 14.3. The van der Waals surface area contributed by atoms with Gasteiger partial charge in [-0.05, 0) is 43.5 Å². The third-order valence-electron chi connectivity index (χ3n) is 5.84. The number of nitrogens with one attached hydrogen (secondary N) is 1. The Balaban J connectivity index is 1.31. The minimum absolute atomic E-state index is 0.267. The highest BCUT2D eigenvalue weighted by Gasteiger charge is 2.39. The molecule has 3 fully saturated rings. The Bertz CT molecular complexity index is 567. The van der Waals surface area contributed by atoms with Crippen LogP contribution in [0.3, 0.4) is 0 Å². The fourth-order valence-electron chi connectivity index (χ4n) is 4.02. The first kappa shape index (κ1) is 15.9. The SMILES string of the molecule is O=C(Cc1ccc(N2CCOCC2)cc1)N1CCC2(CCN2)CC1. The quantitative estimate of drug-likeness (QED) is 0.911. The van der Waals surface area contributed by atoms with E-state index in [2.05, 4.69) is 34.5 Å². The number of likely N-dealkylation sites (tertiary alicyclic amines) is 1. The molecule has 1 aromatic rings. The highest BCUT2D eigenvalue weighted by Crippen LogP contribution is 2.31. The third-order valence-corrected chi connectivity index (χ3v) is 5.84. The number of piperidine rings is 1. The van der Waals surface area contributed by atoms with Gasteiger partial charge in [-0.3, -0.25) is 4.79 Å². The Labute approximate surface area is 144 Å². The average molecular weight is 329 g/mol. The first-order chi connectivity index (χ1) is 11.7. The van der Waals surface area contributed by atoms with Gasteiger partial charge < -0.3 is 19.9 Å². The minimum Gasteiger partial charge on any atom is -0.378 e. The summed E-state index contributed by atoms with van der Waals surface area (Å²) in [4.78, 5) is 16.9. The average Bonchev–Trinajstić information content (AvgIpc) is 2.62. The van der Waals surface area contributed by atoms with Crippen LogP contribution in [-0.4, -0.2) is 62.3 Å². The molecule has 4 rings (SSSR count). The number of nitrogens with zero attached hydrogens (tertiary/aromatic N) is 2. The van der Waals surface area contributed by atoms with Crippen molar-refractivity contribution in [1.29, 1.82) is 0 Å². The lowest BCUT2D eigenvalue weighted by Gasteiger charge is -2.48. The van der Waals surface area contributed by atoms with Crippen molar-refractivity contribution in [3.8, 4) is 0 Å². The number of carbonyl (C=O) groups is 1. The second kappa shape index (κ2) is 6.73. The normalized spacial score (nSPS) is 23.2. The molecule has 1 amide bonds. The van der Waals surface area contributed by atoms with Gasteiger partial charge in [-0.1, -0.05) is 12.1 Å². The van der Waals surface area contributed by atoms with Crippen LogP contribution in [0.25, 0.3) is 0 Å². The molecule has 130 valence electrons. The molecule has 0 unspecified atom stereocenters. The number of morpholine rings is 1. The number of amides is 1. The molecule has 0 atom stereocenters. The van der Waals surface area contributed by atoms with E-state index in [-0.39, 0.29) is 5.91 Å². The maximum absolute atomic E-state index is 12.6. The van der Waals surface area contributed by atoms with Gasteiger partial charge >= 0.3 is 0 Å². The number of hydrogen-bond donors (Lipinski definition) is 1. The third kappa shape index (κ3) is 3.28. The highest BCUT2D eigenvalue weighted by atomic mass is 16.5. The molecule has 0 bridgehead atoms. The molecule has 3 heterocycles. The summed E-state index contributed by atoms with van der Waals surface area (Å²) >= 11 is 0. The van der Waals surface area contributed by atoms with Crippen LogP contribution in [0.15, 0.2) is 24.3 Å². The summed E-state index contributed by atoms with van der Waals surface area (Å²) in [7, 11) is 0. The smallest absolute Gasteiger partial charge is 0.226 e. The molecule has 0 saturated carbocycles. The van der Waals surface area contributed by atoms with E-state index >= 15 is 0 Å². The minimum atomic E-state index is 0.267. The molecule has 24 heavy (non-hydrogen) atoms. The van der Waals surface area contributed by atoms with Crippen LogP contribution in [0.1, 0.15) is 24.8 Å². The van der Waals surface area contributed by atoms with E-state index in [0.29, 0.717) is 12.0 Å². The molecule has 3 saturated heterocycles. The zero-order valence-electron chi connectivity index (χ0n) is 14.3. The topological polar surface area (TPSA) is 44.8 Å². The number of rotatable bonds is 3. The predicted octanol–water partition coefficient (Wildman–Crippen LogP) is 1.42. The summed E-state index contributed by atoms with van der Waals surface area (Å²) in [5, 5.41) is 3.56. The Morgan fingerprint density at radius 2 is 1.71 bits per heavy atom. The van der Waals surface area contributed by atoms with E-state index < -0.39 is 0 Å². The summed E-state index contributed by atoms with van der Waals surface area (Å²) in [5.41, 5.74) is 2.70. The fourth-order valence-corrected chi connectivity index (χ4v) is 4.02. The van der Waals surface area contributed by atoms with Crippen molar-refractivity contribution in [3.63, 3.8) is 0 Å². The number of carbonyl (C=O) groups excluding carboxylic acids is 1. The Kier molecular flexibility index (Phi) is 4.46. The van der Waals surface area contributed by atoms with Gasteiger partial charge in [-0.2, -0.15) is 0 Å². The van der Waals surface area contributed by atoms with Crippen molar-refractivity contribution in [2.45, 2.75) is 31.2 Å². The lowest BCUT2D eigenvalue weighted by molar-refractivity contribution is -0.132. The van der Waals surface area contributed by atoms with E-state index in [9.17, 15) is 4.79 Å². The number of hydrogen-bond acceptors (Lipinski definition) is 4. The van der Waals surface area contributed by atoms with E-state index in [1.54, 1.807) is 0 Å². The largest absolute Gasteiger partial charge is 0.378 e. The van der Waals surface area contributed by atoms with Gasteiger partial charge in [0.05, 0.1) is 19.6 Å². The number of benzene rings is 1. The first-order valence-electron chi connectivity index (χ1n) is 9.19. The van der Waals surface area contributed by atoms with Crippen molar-refractivity contribution >= 4 is 11.6 Å². The molecule has 0 radical (unpaired) electrons. The van der Waals surface area contributed by atoms with E-state index in [1.807, 2.05) is 4.90 Å². The molecular weight excluding hydrogens is 302 g/mol. The molecule has 0 aliphatic carbocycles. The predicted molar refractivity (Wildman–Crippen MR) is 94.3 cm³/mol. The van der Waals surface area contributed by atoms with E-state index in [4.69, 9.17) is 4.74 Å². The standard InChI is InChI=1S/C19H27N3O2/c23-18(22-9-6-19(7-10-22)5-8-20-19)15-16-1-3-17(4-2-16)21-11-13-24-14-12-21/h1-4,20H,5-15H2. The van der Waals surface area contributed by atoms with Gasteiger partial charge in [0.15, 0.2) is 0 Å². The van der Waals surface area contributed by atoms with Gasteiger partial charge in [0.1, 0.15) is 0 Å². The van der Waals surface area contributed by atoms with Gasteiger partial charge in [0, 0.05) is 37.4 Å². The van der Waals surface area contributed by atoms with Crippen molar-refractivity contribution in [3.05, 3.63) is 29.8 Å². The summed E-state index contributed by atoms with van der Waals surface area (Å²) in [5.74, 6) is 0.267. The van der Waals surface area contributed by atoms with E-state index in [1.165, 1.54) is 12.1 Å². The zero-order chi connectivity index (χ0) is 16.4. The first-order valence-corrected chi connectivity index (χ1v) is 9.19. The molecule has 3 aliphatic heterocycles. The maximum atomic E-state index is 12.6. The van der Waals surface area contributed by atoms with Crippen LogP contribution in [-0.2, 0) is 16.0 Å². The molecule has 5 heteroatoms. The van der Waals surface area contributed by atoms with Crippen LogP contribution in [0, 0.1) is 0 Å². The van der Waals surface area contributed by atoms with E-state index in [0.717, 1.165) is 64.3 Å². The van der Waals surface area contributed by atoms with Crippen molar-refractivity contribution in [2.75, 3.05) is 50.8 Å². The highest BCUT2D eigenvalue weighted by molar-refractivity contribution is 5.79.